The maximum absolute atomic E-state index is 9.18. The maximum atomic E-state index is 9.18. The van der Waals surface area contributed by atoms with Crippen molar-refractivity contribution in [1.82, 2.24) is 0 Å². The van der Waals surface area contributed by atoms with Crippen LogP contribution in [-0.4, -0.2) is 55.5 Å². The van der Waals surface area contributed by atoms with Crippen molar-refractivity contribution in [1.29, 1.82) is 0 Å². The topological polar surface area (TPSA) is 80.9 Å². The Morgan fingerprint density at radius 3 is 1.17 bits per heavy atom. The number of aliphatic hydroxyl groups excluding tert-OH is 4. The molecule has 0 aliphatic heterocycles. The molecule has 0 saturated heterocycles. The predicted octanol–water partition coefficient (Wildman–Crippen LogP) is -0.780. The van der Waals surface area contributed by atoms with Gasteiger partial charge in [0.2, 0.25) is 0 Å². The Bertz CT molecular complexity index is 110. The molecular formula is C6H12Br2O4. The van der Waals surface area contributed by atoms with Gasteiger partial charge in [0.1, 0.15) is 12.2 Å². The molecule has 0 unspecified atom stereocenters. The second-order valence-electron chi connectivity index (χ2n) is 2.42. The van der Waals surface area contributed by atoms with E-state index in [0.717, 1.165) is 0 Å². The standard InChI is InChI=1S/C6H12Br2O4/c7-1-3(9)5(11)6(12)4(10)2-8/h3-6,9-12H,1-2H2/t3-,4-,5-,6-/m0/s1. The Labute approximate surface area is 87.5 Å². The summed E-state index contributed by atoms with van der Waals surface area (Å²) >= 11 is 5.88. The van der Waals surface area contributed by atoms with Gasteiger partial charge in [0, 0.05) is 10.7 Å². The van der Waals surface area contributed by atoms with E-state index in [0.29, 0.717) is 0 Å². The van der Waals surface area contributed by atoms with E-state index in [-0.39, 0.29) is 10.7 Å². The molecule has 0 amide bonds. The van der Waals surface area contributed by atoms with E-state index < -0.39 is 24.4 Å². The molecule has 0 radical (unpaired) electrons. The van der Waals surface area contributed by atoms with E-state index in [4.69, 9.17) is 10.2 Å². The van der Waals surface area contributed by atoms with Crippen LogP contribution in [0.15, 0.2) is 0 Å². The molecule has 4 nitrogen and oxygen atoms in total. The fraction of sp³-hybridized carbons (Fsp3) is 1.00. The number of hydrogen-bond donors (Lipinski definition) is 4. The van der Waals surface area contributed by atoms with E-state index in [9.17, 15) is 10.2 Å². The van der Waals surface area contributed by atoms with Gasteiger partial charge >= 0.3 is 0 Å². The molecule has 0 rings (SSSR count). The second kappa shape index (κ2) is 6.28. The van der Waals surface area contributed by atoms with Crippen molar-refractivity contribution in [3.63, 3.8) is 0 Å². The molecular weight excluding hydrogens is 296 g/mol. The fourth-order valence-electron chi connectivity index (χ4n) is 0.638. The first-order chi connectivity index (χ1) is 5.54. The lowest BCUT2D eigenvalue weighted by atomic mass is 10.1. The summed E-state index contributed by atoms with van der Waals surface area (Å²) in [4.78, 5) is 0. The normalized spacial score (nSPS) is 21.5. The van der Waals surface area contributed by atoms with Gasteiger partial charge in [0.15, 0.2) is 0 Å². The summed E-state index contributed by atoms with van der Waals surface area (Å²) in [5, 5.41) is 36.8. The quantitative estimate of drug-likeness (QED) is 0.502. The van der Waals surface area contributed by atoms with E-state index in [2.05, 4.69) is 31.9 Å². The molecule has 0 spiro atoms. The molecule has 0 bridgehead atoms. The van der Waals surface area contributed by atoms with Crippen LogP contribution in [0.1, 0.15) is 0 Å². The highest BCUT2D eigenvalue weighted by Crippen LogP contribution is 2.08. The van der Waals surface area contributed by atoms with E-state index in [1.54, 1.807) is 0 Å². The minimum atomic E-state index is -1.34. The first-order valence-corrected chi connectivity index (χ1v) is 5.63. The van der Waals surface area contributed by atoms with Gasteiger partial charge in [0.25, 0.3) is 0 Å². The first kappa shape index (κ1) is 12.8. The summed E-state index contributed by atoms with van der Waals surface area (Å²) < 4.78 is 0. The lowest BCUT2D eigenvalue weighted by molar-refractivity contribution is -0.0916. The number of alkyl halides is 2. The maximum Gasteiger partial charge on any atom is 0.109 e. The zero-order chi connectivity index (χ0) is 9.72. The van der Waals surface area contributed by atoms with Crippen molar-refractivity contribution in [2.24, 2.45) is 0 Å². The molecule has 0 aliphatic rings. The highest BCUT2D eigenvalue weighted by atomic mass is 79.9. The molecule has 74 valence electrons. The molecule has 12 heavy (non-hydrogen) atoms. The van der Waals surface area contributed by atoms with E-state index in [1.165, 1.54) is 0 Å². The third kappa shape index (κ3) is 3.68. The van der Waals surface area contributed by atoms with Crippen molar-refractivity contribution in [2.75, 3.05) is 10.7 Å². The fourth-order valence-corrected chi connectivity index (χ4v) is 1.40. The van der Waals surface area contributed by atoms with Crippen LogP contribution in [0.3, 0.4) is 0 Å². The van der Waals surface area contributed by atoms with Gasteiger partial charge in [-0.15, -0.1) is 0 Å². The summed E-state index contributed by atoms with van der Waals surface area (Å²) in [5.41, 5.74) is 0. The highest BCUT2D eigenvalue weighted by molar-refractivity contribution is 9.09. The van der Waals surface area contributed by atoms with Crippen LogP contribution in [0, 0.1) is 0 Å². The summed E-state index contributed by atoms with van der Waals surface area (Å²) in [6.07, 6.45) is -4.82. The highest BCUT2D eigenvalue weighted by Gasteiger charge is 2.28. The van der Waals surface area contributed by atoms with Crippen molar-refractivity contribution < 1.29 is 20.4 Å². The van der Waals surface area contributed by atoms with Crippen LogP contribution in [-0.2, 0) is 0 Å². The zero-order valence-corrected chi connectivity index (χ0v) is 9.44. The average molecular weight is 308 g/mol. The third-order valence-corrected chi connectivity index (χ3v) is 2.78. The Balaban J connectivity index is 3.99. The third-order valence-electron chi connectivity index (χ3n) is 1.45. The van der Waals surface area contributed by atoms with Crippen LogP contribution >= 0.6 is 31.9 Å². The molecule has 0 saturated carbocycles. The van der Waals surface area contributed by atoms with Crippen LogP contribution < -0.4 is 0 Å². The Hall–Kier alpha value is 0.800. The van der Waals surface area contributed by atoms with Crippen LogP contribution in [0.4, 0.5) is 0 Å². The summed E-state index contributed by atoms with van der Waals surface area (Å²) in [6, 6.07) is 0. The zero-order valence-electron chi connectivity index (χ0n) is 6.27. The van der Waals surface area contributed by atoms with Gasteiger partial charge in [-0.1, -0.05) is 31.9 Å². The monoisotopic (exact) mass is 306 g/mol. The Kier molecular flexibility index (Phi) is 6.70. The summed E-state index contributed by atoms with van der Waals surface area (Å²) in [6.45, 7) is 0. The van der Waals surface area contributed by atoms with Gasteiger partial charge in [0.05, 0.1) is 12.2 Å². The van der Waals surface area contributed by atoms with E-state index >= 15 is 0 Å². The van der Waals surface area contributed by atoms with Gasteiger partial charge in [-0.3, -0.25) is 0 Å². The van der Waals surface area contributed by atoms with Crippen molar-refractivity contribution in [2.45, 2.75) is 24.4 Å². The number of halogens is 2. The molecule has 0 aromatic rings. The second-order valence-corrected chi connectivity index (χ2v) is 3.72. The smallest absolute Gasteiger partial charge is 0.109 e. The minimum absolute atomic E-state index is 0.153. The summed E-state index contributed by atoms with van der Waals surface area (Å²) in [5.74, 6) is 0. The van der Waals surface area contributed by atoms with Crippen molar-refractivity contribution in [3.8, 4) is 0 Å². The molecule has 6 heteroatoms. The molecule has 0 fully saturated rings. The predicted molar refractivity (Wildman–Crippen MR) is 51.6 cm³/mol. The SMILES string of the molecule is O[C@H]([C@@H](O)[C@@H](O)CBr)[C@@H](O)CBr. The van der Waals surface area contributed by atoms with Crippen LogP contribution in [0.5, 0.6) is 0 Å². The van der Waals surface area contributed by atoms with Gasteiger partial charge in [-0.25, -0.2) is 0 Å². The molecule has 0 aliphatic carbocycles. The van der Waals surface area contributed by atoms with Gasteiger partial charge in [-0.05, 0) is 0 Å². The number of aliphatic hydroxyl groups is 4. The number of rotatable bonds is 5. The molecule has 0 heterocycles. The Morgan fingerprint density at radius 1 is 0.750 bits per heavy atom. The largest absolute Gasteiger partial charge is 0.389 e. The van der Waals surface area contributed by atoms with Crippen molar-refractivity contribution in [3.05, 3.63) is 0 Å². The van der Waals surface area contributed by atoms with E-state index in [1.807, 2.05) is 0 Å². The lowest BCUT2D eigenvalue weighted by Gasteiger charge is -2.24. The van der Waals surface area contributed by atoms with Crippen LogP contribution in [0.2, 0.25) is 0 Å². The summed E-state index contributed by atoms with van der Waals surface area (Å²) in [7, 11) is 0. The Morgan fingerprint density at radius 2 is 1.00 bits per heavy atom. The van der Waals surface area contributed by atoms with Gasteiger partial charge < -0.3 is 20.4 Å². The molecule has 4 N–H and O–H groups in total. The van der Waals surface area contributed by atoms with Crippen LogP contribution in [0.25, 0.3) is 0 Å². The van der Waals surface area contributed by atoms with Crippen molar-refractivity contribution >= 4 is 31.9 Å². The number of hydrogen-bond acceptors (Lipinski definition) is 4. The average Bonchev–Trinajstić information content (AvgIpc) is 2.12. The molecule has 0 aromatic carbocycles. The minimum Gasteiger partial charge on any atom is -0.389 e. The molecule has 0 aromatic heterocycles. The molecule has 4 atom stereocenters. The lowest BCUT2D eigenvalue weighted by Crippen LogP contribution is -2.45. The van der Waals surface area contributed by atoms with Gasteiger partial charge in [-0.2, -0.15) is 0 Å². The first-order valence-electron chi connectivity index (χ1n) is 3.38.